The highest BCUT2D eigenvalue weighted by molar-refractivity contribution is 5.88. The van der Waals surface area contributed by atoms with E-state index in [-0.39, 0.29) is 5.91 Å². The van der Waals surface area contributed by atoms with Gasteiger partial charge in [0.2, 0.25) is 5.91 Å². The van der Waals surface area contributed by atoms with Crippen molar-refractivity contribution in [3.63, 3.8) is 0 Å². The minimum Gasteiger partial charge on any atom is -0.381 e. The molecule has 0 radical (unpaired) electrons. The van der Waals surface area contributed by atoms with Crippen molar-refractivity contribution in [2.24, 2.45) is 11.3 Å². The lowest BCUT2D eigenvalue weighted by Crippen LogP contribution is -2.35. The summed E-state index contributed by atoms with van der Waals surface area (Å²) in [6.07, 6.45) is 2.45. The van der Waals surface area contributed by atoms with E-state index < -0.39 is 5.41 Å². The van der Waals surface area contributed by atoms with E-state index >= 15 is 0 Å². The standard InChI is InChI=1S/C10H14N2O2/c11-7-10(2-3-10)9(13)12-5-8-1-4-14-6-8/h8H,1-6H2,(H,12,13). The van der Waals surface area contributed by atoms with Crippen LogP contribution in [0.5, 0.6) is 0 Å². The van der Waals surface area contributed by atoms with Crippen LogP contribution >= 0.6 is 0 Å². The molecule has 0 aromatic heterocycles. The Balaban J connectivity index is 1.75. The molecule has 0 aromatic rings. The number of ether oxygens (including phenoxy) is 1. The van der Waals surface area contributed by atoms with Crippen LogP contribution in [0.1, 0.15) is 19.3 Å². The minimum absolute atomic E-state index is 0.0908. The van der Waals surface area contributed by atoms with Gasteiger partial charge in [0, 0.05) is 19.1 Å². The fourth-order valence-electron chi connectivity index (χ4n) is 1.67. The molecule has 2 fully saturated rings. The first-order chi connectivity index (χ1) is 6.77. The minimum atomic E-state index is -0.681. The highest BCUT2D eigenvalue weighted by Gasteiger charge is 2.50. The van der Waals surface area contributed by atoms with Gasteiger partial charge < -0.3 is 10.1 Å². The van der Waals surface area contributed by atoms with Crippen molar-refractivity contribution in [1.82, 2.24) is 5.32 Å². The number of hydrogen-bond donors (Lipinski definition) is 1. The van der Waals surface area contributed by atoms with Crippen molar-refractivity contribution in [2.75, 3.05) is 19.8 Å². The maximum Gasteiger partial charge on any atom is 0.240 e. The summed E-state index contributed by atoms with van der Waals surface area (Å²) in [5, 5.41) is 11.6. The zero-order chi connectivity index (χ0) is 10.0. The second kappa shape index (κ2) is 3.58. The average molecular weight is 194 g/mol. The number of nitriles is 1. The Morgan fingerprint density at radius 1 is 1.64 bits per heavy atom. The van der Waals surface area contributed by atoms with Crippen LogP contribution in [-0.4, -0.2) is 25.7 Å². The third-order valence-electron chi connectivity index (χ3n) is 2.97. The largest absolute Gasteiger partial charge is 0.381 e. The lowest BCUT2D eigenvalue weighted by Gasteiger charge is -2.11. The van der Waals surface area contributed by atoms with Gasteiger partial charge in [-0.25, -0.2) is 0 Å². The predicted molar refractivity (Wildman–Crippen MR) is 49.2 cm³/mol. The van der Waals surface area contributed by atoms with Crippen molar-refractivity contribution in [1.29, 1.82) is 5.26 Å². The molecule has 1 saturated carbocycles. The number of nitrogens with one attached hydrogen (secondary N) is 1. The van der Waals surface area contributed by atoms with Crippen LogP contribution in [-0.2, 0) is 9.53 Å². The molecule has 2 aliphatic rings. The molecule has 0 bridgehead atoms. The molecule has 1 aliphatic carbocycles. The van der Waals surface area contributed by atoms with E-state index in [0.29, 0.717) is 12.5 Å². The molecule has 14 heavy (non-hydrogen) atoms. The summed E-state index contributed by atoms with van der Waals surface area (Å²) in [5.41, 5.74) is -0.681. The molecule has 1 aliphatic heterocycles. The summed E-state index contributed by atoms with van der Waals surface area (Å²) < 4.78 is 5.20. The number of carbonyl (C=O) groups excluding carboxylic acids is 1. The lowest BCUT2D eigenvalue weighted by atomic mass is 10.1. The Kier molecular flexibility index (Phi) is 2.42. The number of hydrogen-bond acceptors (Lipinski definition) is 3. The fourth-order valence-corrected chi connectivity index (χ4v) is 1.67. The van der Waals surface area contributed by atoms with Gasteiger partial charge in [-0.3, -0.25) is 4.79 Å². The first-order valence-electron chi connectivity index (χ1n) is 5.04. The van der Waals surface area contributed by atoms with E-state index in [2.05, 4.69) is 11.4 Å². The molecular formula is C10H14N2O2. The van der Waals surface area contributed by atoms with Gasteiger partial charge in [0.1, 0.15) is 5.41 Å². The average Bonchev–Trinajstić information content (AvgIpc) is 2.84. The molecule has 76 valence electrons. The molecule has 1 N–H and O–H groups in total. The molecule has 1 saturated heterocycles. The first kappa shape index (κ1) is 9.47. The SMILES string of the molecule is N#CC1(C(=O)NCC2CCOC2)CC1. The molecule has 4 nitrogen and oxygen atoms in total. The van der Waals surface area contributed by atoms with Gasteiger partial charge in [-0.2, -0.15) is 5.26 Å². The summed E-state index contributed by atoms with van der Waals surface area (Å²) in [4.78, 5) is 11.5. The van der Waals surface area contributed by atoms with E-state index in [0.717, 1.165) is 32.5 Å². The second-order valence-electron chi connectivity index (χ2n) is 4.13. The van der Waals surface area contributed by atoms with Crippen LogP contribution in [0.4, 0.5) is 0 Å². The van der Waals surface area contributed by atoms with E-state index in [9.17, 15) is 4.79 Å². The molecule has 4 heteroatoms. The van der Waals surface area contributed by atoms with Crippen molar-refractivity contribution in [3.8, 4) is 6.07 Å². The normalized spacial score (nSPS) is 28.1. The molecule has 2 rings (SSSR count). The van der Waals surface area contributed by atoms with Crippen LogP contribution < -0.4 is 5.32 Å². The highest BCUT2D eigenvalue weighted by atomic mass is 16.5. The summed E-state index contributed by atoms with van der Waals surface area (Å²) in [7, 11) is 0. The van der Waals surface area contributed by atoms with Crippen LogP contribution in [0.25, 0.3) is 0 Å². The van der Waals surface area contributed by atoms with Gasteiger partial charge in [0.15, 0.2) is 0 Å². The summed E-state index contributed by atoms with van der Waals surface area (Å²) >= 11 is 0. The lowest BCUT2D eigenvalue weighted by molar-refractivity contribution is -0.124. The van der Waals surface area contributed by atoms with E-state index in [1.165, 1.54) is 0 Å². The van der Waals surface area contributed by atoms with Crippen LogP contribution in [0.2, 0.25) is 0 Å². The fraction of sp³-hybridized carbons (Fsp3) is 0.800. The number of amides is 1. The Morgan fingerprint density at radius 2 is 2.43 bits per heavy atom. The van der Waals surface area contributed by atoms with Gasteiger partial charge in [-0.1, -0.05) is 0 Å². The maximum absolute atomic E-state index is 11.5. The van der Waals surface area contributed by atoms with Crippen LogP contribution in [0, 0.1) is 22.7 Å². The molecular weight excluding hydrogens is 180 g/mol. The van der Waals surface area contributed by atoms with Gasteiger partial charge in [-0.05, 0) is 19.3 Å². The molecule has 0 spiro atoms. The van der Waals surface area contributed by atoms with E-state index in [1.54, 1.807) is 0 Å². The van der Waals surface area contributed by atoms with Gasteiger partial charge in [0.05, 0.1) is 12.7 Å². The monoisotopic (exact) mass is 194 g/mol. The van der Waals surface area contributed by atoms with Crippen molar-refractivity contribution in [2.45, 2.75) is 19.3 Å². The smallest absolute Gasteiger partial charge is 0.240 e. The third kappa shape index (κ3) is 1.73. The molecule has 1 heterocycles. The third-order valence-corrected chi connectivity index (χ3v) is 2.97. The molecule has 1 unspecified atom stereocenters. The summed E-state index contributed by atoms with van der Waals surface area (Å²) in [6.45, 7) is 2.19. The topological polar surface area (TPSA) is 62.1 Å². The van der Waals surface area contributed by atoms with E-state index in [4.69, 9.17) is 10.00 Å². The molecule has 1 atom stereocenters. The van der Waals surface area contributed by atoms with Crippen molar-refractivity contribution < 1.29 is 9.53 Å². The maximum atomic E-state index is 11.5. The Morgan fingerprint density at radius 3 is 2.93 bits per heavy atom. The quantitative estimate of drug-likeness (QED) is 0.709. The zero-order valence-electron chi connectivity index (χ0n) is 8.08. The number of carbonyl (C=O) groups is 1. The van der Waals surface area contributed by atoms with E-state index in [1.807, 2.05) is 0 Å². The Bertz CT molecular complexity index is 272. The van der Waals surface area contributed by atoms with Crippen LogP contribution in [0.3, 0.4) is 0 Å². The van der Waals surface area contributed by atoms with Crippen molar-refractivity contribution in [3.05, 3.63) is 0 Å². The summed E-state index contributed by atoms with van der Waals surface area (Å²) in [6, 6.07) is 2.08. The Labute approximate surface area is 83.2 Å². The van der Waals surface area contributed by atoms with Crippen molar-refractivity contribution >= 4 is 5.91 Å². The Hall–Kier alpha value is -1.08. The second-order valence-corrected chi connectivity index (χ2v) is 4.13. The first-order valence-corrected chi connectivity index (χ1v) is 5.04. The highest BCUT2D eigenvalue weighted by Crippen LogP contribution is 2.44. The number of nitrogens with zero attached hydrogens (tertiary/aromatic N) is 1. The van der Waals surface area contributed by atoms with Gasteiger partial charge in [-0.15, -0.1) is 0 Å². The zero-order valence-corrected chi connectivity index (χ0v) is 8.08. The predicted octanol–water partition coefficient (Wildman–Crippen LogP) is 0.443. The van der Waals surface area contributed by atoms with Gasteiger partial charge >= 0.3 is 0 Å². The van der Waals surface area contributed by atoms with Gasteiger partial charge in [0.25, 0.3) is 0 Å². The molecule has 0 aromatic carbocycles. The molecule has 1 amide bonds. The number of rotatable bonds is 3. The summed E-state index contributed by atoms with van der Waals surface area (Å²) in [5.74, 6) is 0.348. The van der Waals surface area contributed by atoms with Crippen LogP contribution in [0.15, 0.2) is 0 Å².